The van der Waals surface area contributed by atoms with E-state index in [0.717, 1.165) is 17.2 Å². The second-order valence-corrected chi connectivity index (χ2v) is 4.57. The van der Waals surface area contributed by atoms with E-state index in [4.69, 9.17) is 9.84 Å². The number of carboxylic acids is 1. The highest BCUT2D eigenvalue weighted by atomic mass is 19.1. The fourth-order valence-corrected chi connectivity index (χ4v) is 1.89. The topological polar surface area (TPSA) is 46.5 Å². The Morgan fingerprint density at radius 1 is 1.29 bits per heavy atom. The van der Waals surface area contributed by atoms with Gasteiger partial charge >= 0.3 is 5.97 Å². The average Bonchev–Trinajstić information content (AvgIpc) is 2.45. The van der Waals surface area contributed by atoms with Gasteiger partial charge in [0.15, 0.2) is 0 Å². The number of hydrogen-bond acceptors (Lipinski definition) is 2. The molecule has 2 aromatic carbocycles. The Hall–Kier alpha value is -2.62. The number of hydrogen-bond donors (Lipinski definition) is 1. The Morgan fingerprint density at radius 2 is 2.05 bits per heavy atom. The highest BCUT2D eigenvalue weighted by Crippen LogP contribution is 2.21. The molecule has 0 radical (unpaired) electrons. The molecule has 0 aliphatic rings. The Balaban J connectivity index is 2.14. The highest BCUT2D eigenvalue weighted by molar-refractivity contribution is 5.85. The molecule has 2 rings (SSSR count). The van der Waals surface area contributed by atoms with Crippen molar-refractivity contribution in [2.45, 2.75) is 13.5 Å². The van der Waals surface area contributed by atoms with Crippen molar-refractivity contribution in [1.82, 2.24) is 0 Å². The predicted molar refractivity (Wildman–Crippen MR) is 78.6 cm³/mol. The number of carbonyl (C=O) groups is 1. The Kier molecular flexibility index (Phi) is 4.72. The molecular weight excluding hydrogens is 271 g/mol. The lowest BCUT2D eigenvalue weighted by Gasteiger charge is -2.11. The van der Waals surface area contributed by atoms with Crippen LogP contribution in [0.1, 0.15) is 16.7 Å². The van der Waals surface area contributed by atoms with Crippen molar-refractivity contribution in [2.75, 3.05) is 0 Å². The van der Waals surface area contributed by atoms with Crippen LogP contribution in [0.3, 0.4) is 0 Å². The van der Waals surface area contributed by atoms with Crippen LogP contribution in [-0.4, -0.2) is 11.1 Å². The Morgan fingerprint density at radius 3 is 2.76 bits per heavy atom. The third kappa shape index (κ3) is 4.18. The number of ether oxygens (including phenoxy) is 1. The molecule has 21 heavy (non-hydrogen) atoms. The average molecular weight is 286 g/mol. The van der Waals surface area contributed by atoms with Crippen molar-refractivity contribution in [3.05, 3.63) is 71.0 Å². The lowest BCUT2D eigenvalue weighted by molar-refractivity contribution is -0.131. The number of benzene rings is 2. The monoisotopic (exact) mass is 286 g/mol. The third-order valence-corrected chi connectivity index (χ3v) is 3.01. The quantitative estimate of drug-likeness (QED) is 0.850. The zero-order chi connectivity index (χ0) is 15.2. The number of para-hydroxylation sites is 1. The number of halogens is 1. The molecule has 0 heterocycles. The molecule has 4 heteroatoms. The second-order valence-electron chi connectivity index (χ2n) is 4.57. The summed E-state index contributed by atoms with van der Waals surface area (Å²) in [4.78, 5) is 10.6. The van der Waals surface area contributed by atoms with Crippen LogP contribution in [0.4, 0.5) is 4.39 Å². The molecule has 0 bridgehead atoms. The molecule has 0 saturated heterocycles. The van der Waals surface area contributed by atoms with Crippen LogP contribution in [0.15, 0.2) is 48.5 Å². The number of rotatable bonds is 5. The van der Waals surface area contributed by atoms with E-state index in [1.165, 1.54) is 18.2 Å². The maximum absolute atomic E-state index is 13.0. The van der Waals surface area contributed by atoms with E-state index in [-0.39, 0.29) is 5.82 Å². The van der Waals surface area contributed by atoms with Gasteiger partial charge in [0, 0.05) is 11.6 Å². The summed E-state index contributed by atoms with van der Waals surface area (Å²) in [5.74, 6) is -0.709. The van der Waals surface area contributed by atoms with Crippen molar-refractivity contribution in [3.8, 4) is 5.75 Å². The first-order valence-corrected chi connectivity index (χ1v) is 6.44. The van der Waals surface area contributed by atoms with Gasteiger partial charge in [0.2, 0.25) is 0 Å². The fraction of sp³-hybridized carbons (Fsp3) is 0.118. The maximum Gasteiger partial charge on any atom is 0.328 e. The molecule has 0 unspecified atom stereocenters. The van der Waals surface area contributed by atoms with E-state index < -0.39 is 5.97 Å². The smallest absolute Gasteiger partial charge is 0.328 e. The van der Waals surface area contributed by atoms with Crippen molar-refractivity contribution in [1.29, 1.82) is 0 Å². The van der Waals surface area contributed by atoms with Gasteiger partial charge in [-0.15, -0.1) is 0 Å². The van der Waals surface area contributed by atoms with Gasteiger partial charge in [-0.05, 0) is 42.3 Å². The van der Waals surface area contributed by atoms with Gasteiger partial charge in [-0.3, -0.25) is 0 Å². The normalized spacial score (nSPS) is 10.8. The first kappa shape index (κ1) is 14.8. The zero-order valence-corrected chi connectivity index (χ0v) is 11.5. The van der Waals surface area contributed by atoms with Crippen molar-refractivity contribution in [2.24, 2.45) is 0 Å². The van der Waals surface area contributed by atoms with Gasteiger partial charge in [-0.1, -0.05) is 24.3 Å². The van der Waals surface area contributed by atoms with E-state index >= 15 is 0 Å². The van der Waals surface area contributed by atoms with Crippen molar-refractivity contribution >= 4 is 12.0 Å². The van der Waals surface area contributed by atoms with Gasteiger partial charge in [-0.2, -0.15) is 0 Å². The first-order valence-electron chi connectivity index (χ1n) is 6.44. The van der Waals surface area contributed by atoms with Crippen molar-refractivity contribution in [3.63, 3.8) is 0 Å². The first-order chi connectivity index (χ1) is 10.1. The van der Waals surface area contributed by atoms with E-state index in [1.807, 2.05) is 13.0 Å². The fourth-order valence-electron chi connectivity index (χ4n) is 1.89. The molecule has 0 amide bonds. The summed E-state index contributed by atoms with van der Waals surface area (Å²) in [5, 5.41) is 8.67. The van der Waals surface area contributed by atoms with Gasteiger partial charge in [0.05, 0.1) is 0 Å². The van der Waals surface area contributed by atoms with Gasteiger partial charge in [0.1, 0.15) is 18.2 Å². The minimum absolute atomic E-state index is 0.277. The van der Waals surface area contributed by atoms with Crippen LogP contribution in [0.25, 0.3) is 6.08 Å². The lowest BCUT2D eigenvalue weighted by Crippen LogP contribution is -1.99. The van der Waals surface area contributed by atoms with Crippen LogP contribution in [0.5, 0.6) is 5.75 Å². The van der Waals surface area contributed by atoms with E-state index in [9.17, 15) is 9.18 Å². The number of aryl methyl sites for hydroxylation is 1. The summed E-state index contributed by atoms with van der Waals surface area (Å²) < 4.78 is 18.8. The van der Waals surface area contributed by atoms with Crippen LogP contribution in [0.2, 0.25) is 0 Å². The second kappa shape index (κ2) is 6.70. The molecule has 0 aliphatic heterocycles. The van der Waals surface area contributed by atoms with Crippen molar-refractivity contribution < 1.29 is 19.0 Å². The molecule has 3 nitrogen and oxygen atoms in total. The molecule has 0 atom stereocenters. The summed E-state index contributed by atoms with van der Waals surface area (Å²) in [6, 6.07) is 11.7. The molecular formula is C17H15FO3. The largest absolute Gasteiger partial charge is 0.488 e. The molecule has 0 aromatic heterocycles. The Bertz CT molecular complexity index is 677. The summed E-state index contributed by atoms with van der Waals surface area (Å²) in [6.07, 6.45) is 2.54. The van der Waals surface area contributed by atoms with Crippen LogP contribution in [-0.2, 0) is 11.4 Å². The molecule has 108 valence electrons. The van der Waals surface area contributed by atoms with Crippen LogP contribution < -0.4 is 4.74 Å². The Labute approximate surface area is 122 Å². The zero-order valence-electron chi connectivity index (χ0n) is 11.5. The molecule has 0 aliphatic carbocycles. The summed E-state index contributed by atoms with van der Waals surface area (Å²) in [5.41, 5.74) is 2.38. The summed E-state index contributed by atoms with van der Waals surface area (Å²) >= 11 is 0. The number of aliphatic carboxylic acids is 1. The molecule has 2 aromatic rings. The van der Waals surface area contributed by atoms with Crippen LogP contribution in [0, 0.1) is 12.7 Å². The summed E-state index contributed by atoms with van der Waals surface area (Å²) in [6.45, 7) is 2.11. The van der Waals surface area contributed by atoms with Crippen LogP contribution >= 0.6 is 0 Å². The predicted octanol–water partition coefficient (Wildman–Crippen LogP) is 3.81. The van der Waals surface area contributed by atoms with E-state index in [2.05, 4.69) is 0 Å². The summed E-state index contributed by atoms with van der Waals surface area (Å²) in [7, 11) is 0. The standard InChI is InChI=1S/C17H15FO3/c1-12-10-15(18)8-6-14(12)11-21-16-5-3-2-4-13(16)7-9-17(19)20/h2-10H,11H2,1H3,(H,19,20)/b9-7+. The molecule has 1 N–H and O–H groups in total. The third-order valence-electron chi connectivity index (χ3n) is 3.01. The minimum Gasteiger partial charge on any atom is -0.488 e. The van der Waals surface area contributed by atoms with Gasteiger partial charge in [0.25, 0.3) is 0 Å². The van der Waals surface area contributed by atoms with Gasteiger partial charge in [-0.25, -0.2) is 9.18 Å². The molecule has 0 spiro atoms. The minimum atomic E-state index is -1.01. The molecule has 0 saturated carbocycles. The van der Waals surface area contributed by atoms with Gasteiger partial charge < -0.3 is 9.84 Å². The lowest BCUT2D eigenvalue weighted by atomic mass is 10.1. The van der Waals surface area contributed by atoms with E-state index in [0.29, 0.717) is 17.9 Å². The van der Waals surface area contributed by atoms with E-state index in [1.54, 1.807) is 24.3 Å². The molecule has 0 fully saturated rings. The maximum atomic E-state index is 13.0. The number of carboxylic acid groups (broad SMARTS) is 1. The highest BCUT2D eigenvalue weighted by Gasteiger charge is 2.04. The SMILES string of the molecule is Cc1cc(F)ccc1COc1ccccc1/C=C/C(=O)O.